The van der Waals surface area contributed by atoms with Crippen molar-refractivity contribution in [1.29, 1.82) is 0 Å². The van der Waals surface area contributed by atoms with E-state index in [1.165, 1.54) is 6.08 Å². The summed E-state index contributed by atoms with van der Waals surface area (Å²) >= 11 is 25.2. The lowest BCUT2D eigenvalue weighted by Crippen LogP contribution is -2.37. The van der Waals surface area contributed by atoms with Crippen molar-refractivity contribution in [2.45, 2.75) is 23.9 Å². The summed E-state index contributed by atoms with van der Waals surface area (Å²) in [6.45, 7) is 0. The molecule has 1 aliphatic carbocycles. The number of benzene rings is 4. The molecule has 4 aromatic rings. The highest BCUT2D eigenvalue weighted by atomic mass is 35.5. The lowest BCUT2D eigenvalue weighted by Gasteiger charge is -2.29. The van der Waals surface area contributed by atoms with Gasteiger partial charge in [0, 0.05) is 26.0 Å². The molecule has 1 aliphatic rings. The van der Waals surface area contributed by atoms with Crippen LogP contribution in [0, 0.1) is 5.92 Å². The standard InChI is InChI=1S/C34H26Cl4O2/c35-26-9-1-5-22(17-26)13-14-31(39)33-32(25-8-4-12-29(38)20-25)30(24-7-3-11-28(37)19-24)21-34(33,40)16-15-23-6-2-10-27(36)18-23/h1-20,30,32-33,40H,21H2/b14-13+,16-15+/t30-,32-,33+,34-/m1/s1. The monoisotopic (exact) mass is 606 g/mol. The van der Waals surface area contributed by atoms with E-state index in [1.54, 1.807) is 36.4 Å². The van der Waals surface area contributed by atoms with Gasteiger partial charge in [0.2, 0.25) is 0 Å². The van der Waals surface area contributed by atoms with Gasteiger partial charge in [-0.25, -0.2) is 0 Å². The third-order valence-corrected chi connectivity index (χ3v) is 8.34. The topological polar surface area (TPSA) is 37.3 Å². The van der Waals surface area contributed by atoms with Gasteiger partial charge in [-0.3, -0.25) is 4.79 Å². The van der Waals surface area contributed by atoms with E-state index in [2.05, 4.69) is 0 Å². The molecular formula is C34H26Cl4O2. The van der Waals surface area contributed by atoms with Gasteiger partial charge in [-0.05, 0) is 89.2 Å². The van der Waals surface area contributed by atoms with Gasteiger partial charge in [-0.2, -0.15) is 0 Å². The quantitative estimate of drug-likeness (QED) is 0.212. The molecule has 202 valence electrons. The molecule has 0 heterocycles. The van der Waals surface area contributed by atoms with Crippen LogP contribution >= 0.6 is 46.4 Å². The van der Waals surface area contributed by atoms with Crippen molar-refractivity contribution >= 4 is 64.3 Å². The number of ketones is 1. The van der Waals surface area contributed by atoms with Gasteiger partial charge in [-0.1, -0.05) is 113 Å². The molecule has 0 aromatic heterocycles. The molecule has 0 amide bonds. The van der Waals surface area contributed by atoms with E-state index in [-0.39, 0.29) is 17.6 Å². The van der Waals surface area contributed by atoms with Crippen molar-refractivity contribution in [3.05, 3.63) is 152 Å². The summed E-state index contributed by atoms with van der Waals surface area (Å²) in [4.78, 5) is 14.1. The van der Waals surface area contributed by atoms with E-state index in [0.29, 0.717) is 26.5 Å². The highest BCUT2D eigenvalue weighted by Crippen LogP contribution is 2.56. The Hall–Kier alpha value is -2.85. The molecule has 6 heteroatoms. The van der Waals surface area contributed by atoms with Crippen LogP contribution in [0.1, 0.15) is 40.5 Å². The summed E-state index contributed by atoms with van der Waals surface area (Å²) < 4.78 is 0. The van der Waals surface area contributed by atoms with Gasteiger partial charge in [-0.15, -0.1) is 0 Å². The van der Waals surface area contributed by atoms with E-state index < -0.39 is 11.5 Å². The second-order valence-corrected chi connectivity index (χ2v) is 11.8. The Morgan fingerprint density at radius 3 is 1.77 bits per heavy atom. The molecule has 4 atom stereocenters. The van der Waals surface area contributed by atoms with Crippen LogP contribution in [0.15, 0.2) is 109 Å². The van der Waals surface area contributed by atoms with Gasteiger partial charge in [0.05, 0.1) is 11.5 Å². The number of halogens is 4. The first-order valence-corrected chi connectivity index (χ1v) is 14.4. The molecule has 40 heavy (non-hydrogen) atoms. The van der Waals surface area contributed by atoms with E-state index in [0.717, 1.165) is 22.3 Å². The van der Waals surface area contributed by atoms with Crippen molar-refractivity contribution in [2.24, 2.45) is 5.92 Å². The molecule has 1 N–H and O–H groups in total. The molecule has 0 unspecified atom stereocenters. The van der Waals surface area contributed by atoms with Gasteiger partial charge in [0.15, 0.2) is 5.78 Å². The van der Waals surface area contributed by atoms with E-state index >= 15 is 0 Å². The average Bonchev–Trinajstić information content (AvgIpc) is 3.24. The van der Waals surface area contributed by atoms with Crippen LogP contribution in [0.3, 0.4) is 0 Å². The van der Waals surface area contributed by atoms with Crippen LogP contribution in [-0.4, -0.2) is 16.5 Å². The van der Waals surface area contributed by atoms with Crippen LogP contribution < -0.4 is 0 Å². The highest BCUT2D eigenvalue weighted by Gasteiger charge is 2.54. The Bertz CT molecular complexity index is 1590. The number of aliphatic hydroxyl groups is 1. The molecule has 1 fully saturated rings. The van der Waals surface area contributed by atoms with Crippen molar-refractivity contribution in [3.63, 3.8) is 0 Å². The maximum absolute atomic E-state index is 14.1. The predicted molar refractivity (Wildman–Crippen MR) is 167 cm³/mol. The first kappa shape index (κ1) is 28.7. The smallest absolute Gasteiger partial charge is 0.162 e. The minimum absolute atomic E-state index is 0.201. The zero-order valence-corrected chi connectivity index (χ0v) is 24.4. The zero-order chi connectivity index (χ0) is 28.3. The Morgan fingerprint density at radius 1 is 0.700 bits per heavy atom. The number of carbonyl (C=O) groups excluding carboxylic acids is 1. The minimum Gasteiger partial charge on any atom is -0.385 e. The van der Waals surface area contributed by atoms with E-state index in [1.807, 2.05) is 78.9 Å². The molecule has 0 aliphatic heterocycles. The molecule has 4 aromatic carbocycles. The summed E-state index contributed by atoms with van der Waals surface area (Å²) in [5.41, 5.74) is 1.97. The number of rotatable bonds is 7. The Kier molecular flexibility index (Phi) is 8.85. The summed E-state index contributed by atoms with van der Waals surface area (Å²) in [6.07, 6.45) is 7.13. The van der Waals surface area contributed by atoms with Gasteiger partial charge in [0.1, 0.15) is 0 Å². The first-order valence-electron chi connectivity index (χ1n) is 12.9. The van der Waals surface area contributed by atoms with E-state index in [9.17, 15) is 9.90 Å². The Morgan fingerprint density at radius 2 is 1.20 bits per heavy atom. The molecule has 5 rings (SSSR count). The molecule has 1 saturated carbocycles. The van der Waals surface area contributed by atoms with Crippen molar-refractivity contribution in [3.8, 4) is 0 Å². The fraction of sp³-hybridized carbons (Fsp3) is 0.147. The molecular weight excluding hydrogens is 582 g/mol. The van der Waals surface area contributed by atoms with Crippen molar-refractivity contribution in [1.82, 2.24) is 0 Å². The third kappa shape index (κ3) is 6.54. The fourth-order valence-electron chi connectivity index (χ4n) is 5.69. The second kappa shape index (κ2) is 12.3. The SMILES string of the molecule is O=C(/C=C/c1cccc(Cl)c1)[C@H]1[C@H](c2cccc(Cl)c2)[C@@H](c2cccc(Cl)c2)C[C@]1(O)/C=C/c1cccc(Cl)c1. The predicted octanol–water partition coefficient (Wildman–Crippen LogP) is 9.91. The van der Waals surface area contributed by atoms with Crippen LogP contribution in [0.5, 0.6) is 0 Å². The van der Waals surface area contributed by atoms with Crippen molar-refractivity contribution in [2.75, 3.05) is 0 Å². The summed E-state index contributed by atoms with van der Waals surface area (Å²) in [7, 11) is 0. The maximum atomic E-state index is 14.1. The molecule has 0 spiro atoms. The lowest BCUT2D eigenvalue weighted by molar-refractivity contribution is -0.123. The molecule has 0 bridgehead atoms. The normalized spacial score (nSPS) is 22.8. The number of allylic oxidation sites excluding steroid dienone is 1. The largest absolute Gasteiger partial charge is 0.385 e. The average molecular weight is 608 g/mol. The van der Waals surface area contributed by atoms with Crippen molar-refractivity contribution < 1.29 is 9.90 Å². The van der Waals surface area contributed by atoms with Gasteiger partial charge >= 0.3 is 0 Å². The second-order valence-electron chi connectivity index (χ2n) is 10.1. The first-order chi connectivity index (χ1) is 19.2. The molecule has 2 nitrogen and oxygen atoms in total. The fourth-order valence-corrected chi connectivity index (χ4v) is 6.48. The summed E-state index contributed by atoms with van der Waals surface area (Å²) in [5.74, 6) is -1.59. The molecule has 0 saturated heterocycles. The third-order valence-electron chi connectivity index (χ3n) is 7.40. The van der Waals surface area contributed by atoms with Gasteiger partial charge < -0.3 is 5.11 Å². The highest BCUT2D eigenvalue weighted by molar-refractivity contribution is 6.31. The summed E-state index contributed by atoms with van der Waals surface area (Å²) in [6, 6.07) is 29.7. The Labute approximate surface area is 254 Å². The van der Waals surface area contributed by atoms with E-state index in [4.69, 9.17) is 46.4 Å². The number of carbonyl (C=O) groups is 1. The number of hydrogen-bond donors (Lipinski definition) is 1. The van der Waals surface area contributed by atoms with Crippen LogP contribution in [0.2, 0.25) is 20.1 Å². The van der Waals surface area contributed by atoms with Crippen LogP contribution in [-0.2, 0) is 4.79 Å². The van der Waals surface area contributed by atoms with Crippen LogP contribution in [0.4, 0.5) is 0 Å². The lowest BCUT2D eigenvalue weighted by atomic mass is 9.76. The van der Waals surface area contributed by atoms with Crippen LogP contribution in [0.25, 0.3) is 12.2 Å². The maximum Gasteiger partial charge on any atom is 0.162 e. The number of hydrogen-bond acceptors (Lipinski definition) is 2. The van der Waals surface area contributed by atoms with Gasteiger partial charge in [0.25, 0.3) is 0 Å². The zero-order valence-electron chi connectivity index (χ0n) is 21.4. The minimum atomic E-state index is -1.47. The Balaban J connectivity index is 1.64. The summed E-state index contributed by atoms with van der Waals surface area (Å²) in [5, 5.41) is 14.7. The molecule has 0 radical (unpaired) electrons.